The maximum Gasteiger partial charge on any atom is 0.243 e. The van der Waals surface area contributed by atoms with Gasteiger partial charge >= 0.3 is 0 Å². The molecule has 116 valence electrons. The van der Waals surface area contributed by atoms with Crippen LogP contribution in [0.5, 0.6) is 0 Å². The highest BCUT2D eigenvalue weighted by molar-refractivity contribution is 9.10. The summed E-state index contributed by atoms with van der Waals surface area (Å²) >= 11 is 3.36. The van der Waals surface area contributed by atoms with Gasteiger partial charge in [-0.1, -0.05) is 22.0 Å². The number of hydrogen-bond acceptors (Lipinski definition) is 3. The standard InChI is InChI=1S/C15H21BrN2O2S/c16-13-3-1-5-15(9-13)21(19,20)18(10-12-6-7-12)11-14-4-2-8-17-14/h1,3,5,9,12,14,17H,2,4,6-8,10-11H2. The van der Waals surface area contributed by atoms with Crippen molar-refractivity contribution in [1.29, 1.82) is 0 Å². The molecule has 0 radical (unpaired) electrons. The minimum atomic E-state index is -3.40. The van der Waals surface area contributed by atoms with E-state index >= 15 is 0 Å². The number of nitrogens with zero attached hydrogens (tertiary/aromatic N) is 1. The number of halogens is 1. The molecule has 1 N–H and O–H groups in total. The summed E-state index contributed by atoms with van der Waals surface area (Å²) in [4.78, 5) is 0.385. The van der Waals surface area contributed by atoms with Crippen LogP contribution >= 0.6 is 15.9 Å². The van der Waals surface area contributed by atoms with E-state index in [0.29, 0.717) is 29.9 Å². The van der Waals surface area contributed by atoms with E-state index in [1.54, 1.807) is 22.5 Å². The zero-order valence-electron chi connectivity index (χ0n) is 12.0. The van der Waals surface area contributed by atoms with Crippen molar-refractivity contribution in [3.8, 4) is 0 Å². The fourth-order valence-corrected chi connectivity index (χ4v) is 4.95. The molecule has 3 rings (SSSR count). The molecule has 0 bridgehead atoms. The molecule has 1 saturated heterocycles. The molecule has 1 aromatic rings. The first-order valence-electron chi connectivity index (χ1n) is 7.55. The number of benzene rings is 1. The number of hydrogen-bond donors (Lipinski definition) is 1. The third kappa shape index (κ3) is 3.86. The molecule has 0 amide bonds. The average Bonchev–Trinajstić information content (AvgIpc) is 3.12. The van der Waals surface area contributed by atoms with Crippen LogP contribution in [0.2, 0.25) is 0 Å². The zero-order valence-corrected chi connectivity index (χ0v) is 14.4. The fourth-order valence-electron chi connectivity index (χ4n) is 2.79. The second-order valence-electron chi connectivity index (χ2n) is 6.02. The number of rotatable bonds is 6. The maximum atomic E-state index is 12.9. The summed E-state index contributed by atoms with van der Waals surface area (Å²) in [5.41, 5.74) is 0. The number of sulfonamides is 1. The molecule has 6 heteroatoms. The van der Waals surface area contributed by atoms with Crippen LogP contribution in [-0.2, 0) is 10.0 Å². The summed E-state index contributed by atoms with van der Waals surface area (Å²) in [5.74, 6) is 0.549. The van der Waals surface area contributed by atoms with Gasteiger partial charge in [-0.05, 0) is 56.3 Å². The van der Waals surface area contributed by atoms with Gasteiger partial charge in [0, 0.05) is 23.6 Å². The Morgan fingerprint density at radius 1 is 1.24 bits per heavy atom. The van der Waals surface area contributed by atoms with E-state index in [0.717, 1.165) is 36.7 Å². The Balaban J connectivity index is 1.82. The van der Waals surface area contributed by atoms with E-state index in [2.05, 4.69) is 21.2 Å². The first-order chi connectivity index (χ1) is 10.1. The fraction of sp³-hybridized carbons (Fsp3) is 0.600. The van der Waals surface area contributed by atoms with E-state index in [1.807, 2.05) is 6.07 Å². The van der Waals surface area contributed by atoms with Crippen molar-refractivity contribution < 1.29 is 8.42 Å². The Bertz CT molecular complexity index is 595. The molecule has 21 heavy (non-hydrogen) atoms. The van der Waals surface area contributed by atoms with Crippen LogP contribution in [0.1, 0.15) is 25.7 Å². The molecule has 1 aliphatic heterocycles. The van der Waals surface area contributed by atoms with Gasteiger partial charge in [-0.25, -0.2) is 8.42 Å². The highest BCUT2D eigenvalue weighted by Gasteiger charge is 2.33. The summed E-state index contributed by atoms with van der Waals surface area (Å²) in [6.45, 7) is 2.25. The minimum absolute atomic E-state index is 0.297. The van der Waals surface area contributed by atoms with Crippen molar-refractivity contribution in [2.24, 2.45) is 5.92 Å². The first-order valence-corrected chi connectivity index (χ1v) is 9.78. The van der Waals surface area contributed by atoms with Crippen molar-refractivity contribution in [3.63, 3.8) is 0 Å². The van der Waals surface area contributed by atoms with Gasteiger partial charge < -0.3 is 5.32 Å². The topological polar surface area (TPSA) is 49.4 Å². The molecule has 1 saturated carbocycles. The van der Waals surface area contributed by atoms with E-state index in [1.165, 1.54) is 0 Å². The first kappa shape index (κ1) is 15.5. The molecule has 1 atom stereocenters. The van der Waals surface area contributed by atoms with Gasteiger partial charge in [0.2, 0.25) is 10.0 Å². The largest absolute Gasteiger partial charge is 0.313 e. The third-order valence-electron chi connectivity index (χ3n) is 4.18. The second kappa shape index (κ2) is 6.36. The Morgan fingerprint density at radius 3 is 2.67 bits per heavy atom. The molecular weight excluding hydrogens is 352 g/mol. The molecule has 4 nitrogen and oxygen atoms in total. The van der Waals surface area contributed by atoms with Gasteiger partial charge in [0.1, 0.15) is 0 Å². The van der Waals surface area contributed by atoms with Gasteiger partial charge in [0.25, 0.3) is 0 Å². The monoisotopic (exact) mass is 372 g/mol. The molecule has 1 aromatic carbocycles. The SMILES string of the molecule is O=S(=O)(c1cccc(Br)c1)N(CC1CC1)CC1CCCN1. The zero-order chi connectivity index (χ0) is 14.9. The van der Waals surface area contributed by atoms with Crippen LogP contribution in [0.4, 0.5) is 0 Å². The molecule has 0 aromatic heterocycles. The van der Waals surface area contributed by atoms with E-state index in [4.69, 9.17) is 0 Å². The minimum Gasteiger partial charge on any atom is -0.313 e. The predicted octanol–water partition coefficient (Wildman–Crippen LogP) is 2.60. The molecule has 1 unspecified atom stereocenters. The van der Waals surface area contributed by atoms with Crippen LogP contribution in [0.15, 0.2) is 33.6 Å². The smallest absolute Gasteiger partial charge is 0.243 e. The summed E-state index contributed by atoms with van der Waals surface area (Å²) in [6.07, 6.45) is 4.51. The van der Waals surface area contributed by atoms with Gasteiger partial charge in [-0.15, -0.1) is 0 Å². The lowest BCUT2D eigenvalue weighted by Crippen LogP contribution is -2.42. The Labute approximate surface area is 135 Å². The second-order valence-corrected chi connectivity index (χ2v) is 8.87. The van der Waals surface area contributed by atoms with Crippen molar-refractivity contribution >= 4 is 26.0 Å². The average molecular weight is 373 g/mol. The van der Waals surface area contributed by atoms with Crippen molar-refractivity contribution in [3.05, 3.63) is 28.7 Å². The van der Waals surface area contributed by atoms with Crippen LogP contribution < -0.4 is 5.32 Å². The lowest BCUT2D eigenvalue weighted by Gasteiger charge is -2.25. The molecule has 0 spiro atoms. The molecular formula is C15H21BrN2O2S. The third-order valence-corrected chi connectivity index (χ3v) is 6.50. The molecule has 1 heterocycles. The highest BCUT2D eigenvalue weighted by Crippen LogP contribution is 2.32. The lowest BCUT2D eigenvalue weighted by molar-refractivity contribution is 0.358. The van der Waals surface area contributed by atoms with Gasteiger partial charge in [0.05, 0.1) is 4.90 Å². The van der Waals surface area contributed by atoms with E-state index < -0.39 is 10.0 Å². The summed E-state index contributed by atoms with van der Waals surface area (Å²) in [5, 5.41) is 3.40. The van der Waals surface area contributed by atoms with Crippen LogP contribution in [-0.4, -0.2) is 38.4 Å². The normalized spacial score (nSPS) is 22.9. The van der Waals surface area contributed by atoms with Crippen LogP contribution in [0.25, 0.3) is 0 Å². The molecule has 1 aliphatic carbocycles. The predicted molar refractivity (Wildman–Crippen MR) is 86.6 cm³/mol. The molecule has 2 aliphatic rings. The quantitative estimate of drug-likeness (QED) is 0.834. The maximum absolute atomic E-state index is 12.9. The van der Waals surface area contributed by atoms with Crippen LogP contribution in [0, 0.1) is 5.92 Å². The summed E-state index contributed by atoms with van der Waals surface area (Å²) < 4.78 is 28.3. The highest BCUT2D eigenvalue weighted by atomic mass is 79.9. The van der Waals surface area contributed by atoms with Gasteiger partial charge in [-0.2, -0.15) is 4.31 Å². The summed E-state index contributed by atoms with van der Waals surface area (Å²) in [6, 6.07) is 7.30. The van der Waals surface area contributed by atoms with Crippen LogP contribution in [0.3, 0.4) is 0 Å². The van der Waals surface area contributed by atoms with Crippen molar-refractivity contribution in [2.45, 2.75) is 36.6 Å². The Morgan fingerprint density at radius 2 is 2.05 bits per heavy atom. The van der Waals surface area contributed by atoms with E-state index in [9.17, 15) is 8.42 Å². The molecule has 2 fully saturated rings. The Hall–Kier alpha value is -0.430. The van der Waals surface area contributed by atoms with Gasteiger partial charge in [-0.3, -0.25) is 0 Å². The summed E-state index contributed by atoms with van der Waals surface area (Å²) in [7, 11) is -3.40. The number of nitrogens with one attached hydrogen (secondary N) is 1. The van der Waals surface area contributed by atoms with Crippen molar-refractivity contribution in [1.82, 2.24) is 9.62 Å². The van der Waals surface area contributed by atoms with Crippen molar-refractivity contribution in [2.75, 3.05) is 19.6 Å². The lowest BCUT2D eigenvalue weighted by atomic mass is 10.2. The van der Waals surface area contributed by atoms with E-state index in [-0.39, 0.29) is 0 Å². The van der Waals surface area contributed by atoms with Gasteiger partial charge in [0.15, 0.2) is 0 Å². The Kier molecular flexibility index (Phi) is 4.69.